The van der Waals surface area contributed by atoms with Crippen LogP contribution in [0.25, 0.3) is 0 Å². The number of hydrogen-bond donors (Lipinski definition) is 0. The Morgan fingerprint density at radius 2 is 1.83 bits per heavy atom. The third kappa shape index (κ3) is 5.37. The van der Waals surface area contributed by atoms with Gasteiger partial charge in [0.15, 0.2) is 5.90 Å². The van der Waals surface area contributed by atoms with E-state index in [-0.39, 0.29) is 5.97 Å². The topological polar surface area (TPSA) is 38.7 Å². The number of nitrogens with zero attached hydrogens (tertiary/aromatic N) is 1. The molecule has 0 N–H and O–H groups in total. The minimum absolute atomic E-state index is 0.347. The van der Waals surface area contributed by atoms with Gasteiger partial charge in [-0.1, -0.05) is 50.6 Å². The van der Waals surface area contributed by atoms with Crippen LogP contribution >= 0.6 is 0 Å². The normalized spacial score (nSPS) is 11.3. The molecule has 0 saturated carbocycles. The number of benzene rings is 2. The summed E-state index contributed by atoms with van der Waals surface area (Å²) in [5.74, 6) is 0.0834. The molecule has 0 aliphatic heterocycles. The maximum absolute atomic E-state index is 12.3. The molecule has 0 spiro atoms. The predicted octanol–water partition coefficient (Wildman–Crippen LogP) is 5.33. The average Bonchev–Trinajstić information content (AvgIpc) is 2.60. The summed E-state index contributed by atoms with van der Waals surface area (Å²) in [6, 6.07) is 17.2. The zero-order valence-corrected chi connectivity index (χ0v) is 13.8. The molecule has 0 aliphatic carbocycles. The van der Waals surface area contributed by atoms with Crippen molar-refractivity contribution in [1.82, 2.24) is 0 Å². The monoisotopic (exact) mass is 309 g/mol. The first-order chi connectivity index (χ1) is 11.2. The van der Waals surface area contributed by atoms with Gasteiger partial charge in [-0.25, -0.2) is 9.79 Å². The lowest BCUT2D eigenvalue weighted by molar-refractivity contribution is 0.0712. The molecule has 3 nitrogen and oxygen atoms in total. The number of carbonyl (C=O) groups is 1. The van der Waals surface area contributed by atoms with Crippen LogP contribution in [-0.2, 0) is 11.2 Å². The van der Waals surface area contributed by atoms with Gasteiger partial charge >= 0.3 is 5.97 Å². The predicted molar refractivity (Wildman–Crippen MR) is 94.3 cm³/mol. The molecule has 3 heteroatoms. The smallest absolute Gasteiger partial charge is 0.344 e. The second-order valence-electron chi connectivity index (χ2n) is 5.39. The summed E-state index contributed by atoms with van der Waals surface area (Å²) in [4.78, 5) is 16.7. The standard InChI is InChI=1S/C20H23NO2/c1-3-5-10-16-11-9-12-17(15-16)20(22)23-19(4-2)21-18-13-7-6-8-14-18/h6-9,11-15H,3-5,10H2,1-2H3. The number of aliphatic imine (C=N–C) groups is 1. The van der Waals surface area contributed by atoms with Crippen molar-refractivity contribution in [2.75, 3.05) is 0 Å². The fraction of sp³-hybridized carbons (Fsp3) is 0.300. The number of rotatable bonds is 6. The van der Waals surface area contributed by atoms with E-state index in [1.165, 1.54) is 5.56 Å². The Kier molecular flexibility index (Phi) is 6.55. The van der Waals surface area contributed by atoms with E-state index >= 15 is 0 Å². The second-order valence-corrected chi connectivity index (χ2v) is 5.39. The van der Waals surface area contributed by atoms with Crippen LogP contribution < -0.4 is 0 Å². The van der Waals surface area contributed by atoms with E-state index in [0.29, 0.717) is 17.9 Å². The summed E-state index contributed by atoms with van der Waals surface area (Å²) in [6.45, 7) is 4.08. The largest absolute Gasteiger partial charge is 0.408 e. The summed E-state index contributed by atoms with van der Waals surface area (Å²) in [5.41, 5.74) is 2.53. The van der Waals surface area contributed by atoms with Gasteiger partial charge in [0.2, 0.25) is 0 Å². The highest BCUT2D eigenvalue weighted by Crippen LogP contribution is 2.14. The molecule has 0 aromatic heterocycles. The lowest BCUT2D eigenvalue weighted by Gasteiger charge is -2.07. The number of hydrogen-bond acceptors (Lipinski definition) is 3. The summed E-state index contributed by atoms with van der Waals surface area (Å²) in [6.07, 6.45) is 3.80. The number of esters is 1. The number of carbonyl (C=O) groups excluding carboxylic acids is 1. The molecule has 2 rings (SSSR count). The molecule has 2 aromatic rings. The average molecular weight is 309 g/mol. The third-order valence-corrected chi connectivity index (χ3v) is 3.50. The molecule has 0 atom stereocenters. The Morgan fingerprint density at radius 3 is 2.52 bits per heavy atom. The van der Waals surface area contributed by atoms with E-state index in [1.54, 1.807) is 6.07 Å². The van der Waals surface area contributed by atoms with Gasteiger partial charge in [-0.15, -0.1) is 0 Å². The second kappa shape index (κ2) is 8.89. The van der Waals surface area contributed by atoms with Gasteiger partial charge in [0.05, 0.1) is 11.3 Å². The van der Waals surface area contributed by atoms with Crippen molar-refractivity contribution in [2.24, 2.45) is 4.99 Å². The van der Waals surface area contributed by atoms with E-state index in [0.717, 1.165) is 24.9 Å². The highest BCUT2D eigenvalue weighted by atomic mass is 16.5. The van der Waals surface area contributed by atoms with E-state index in [9.17, 15) is 4.79 Å². The first-order valence-corrected chi connectivity index (χ1v) is 8.16. The van der Waals surface area contributed by atoms with Crippen LogP contribution in [0.15, 0.2) is 59.6 Å². The molecule has 0 fully saturated rings. The SMILES string of the molecule is CCCCc1cccc(C(=O)OC(CC)=Nc2ccccc2)c1. The highest BCUT2D eigenvalue weighted by molar-refractivity contribution is 5.99. The maximum Gasteiger partial charge on any atom is 0.344 e. The van der Waals surface area contributed by atoms with Gasteiger partial charge in [0.1, 0.15) is 0 Å². The van der Waals surface area contributed by atoms with Gasteiger partial charge < -0.3 is 4.74 Å². The molecule has 2 aromatic carbocycles. The third-order valence-electron chi connectivity index (χ3n) is 3.50. The minimum Gasteiger partial charge on any atom is -0.408 e. The fourth-order valence-electron chi connectivity index (χ4n) is 2.22. The number of aryl methyl sites for hydroxylation is 1. The summed E-state index contributed by atoms with van der Waals surface area (Å²) < 4.78 is 5.46. The molecule has 0 saturated heterocycles. The Morgan fingerprint density at radius 1 is 1.04 bits per heavy atom. The van der Waals surface area contributed by atoms with Crippen molar-refractivity contribution in [3.05, 3.63) is 65.7 Å². The maximum atomic E-state index is 12.3. The Bertz CT molecular complexity index is 662. The van der Waals surface area contributed by atoms with Gasteiger partial charge in [-0.3, -0.25) is 0 Å². The van der Waals surface area contributed by atoms with Crippen molar-refractivity contribution in [3.63, 3.8) is 0 Å². The first kappa shape index (κ1) is 16.9. The van der Waals surface area contributed by atoms with Crippen molar-refractivity contribution in [2.45, 2.75) is 39.5 Å². The van der Waals surface area contributed by atoms with Gasteiger partial charge in [-0.05, 0) is 42.7 Å². The number of unbranched alkanes of at least 4 members (excludes halogenated alkanes) is 1. The van der Waals surface area contributed by atoms with Gasteiger partial charge in [0, 0.05) is 6.42 Å². The molecule has 0 bridgehead atoms. The molecule has 23 heavy (non-hydrogen) atoms. The van der Waals surface area contributed by atoms with Crippen molar-refractivity contribution in [1.29, 1.82) is 0 Å². The Balaban J connectivity index is 2.09. The summed E-state index contributed by atoms with van der Waals surface area (Å²) in [5, 5.41) is 0. The van der Waals surface area contributed by atoms with E-state index in [1.807, 2.05) is 55.5 Å². The molecule has 0 aliphatic rings. The highest BCUT2D eigenvalue weighted by Gasteiger charge is 2.11. The van der Waals surface area contributed by atoms with Crippen LogP contribution in [0.3, 0.4) is 0 Å². The zero-order chi connectivity index (χ0) is 16.5. The minimum atomic E-state index is -0.347. The molecule has 120 valence electrons. The summed E-state index contributed by atoms with van der Waals surface area (Å²) >= 11 is 0. The molecule has 0 radical (unpaired) electrons. The van der Waals surface area contributed by atoms with E-state index in [2.05, 4.69) is 11.9 Å². The van der Waals surface area contributed by atoms with E-state index in [4.69, 9.17) is 4.74 Å². The quantitative estimate of drug-likeness (QED) is 0.411. The summed E-state index contributed by atoms with van der Waals surface area (Å²) in [7, 11) is 0. The Hall–Kier alpha value is -2.42. The van der Waals surface area contributed by atoms with Crippen LogP contribution in [0.1, 0.15) is 49.0 Å². The van der Waals surface area contributed by atoms with Crippen LogP contribution in [0.4, 0.5) is 5.69 Å². The molecule has 0 unspecified atom stereocenters. The first-order valence-electron chi connectivity index (χ1n) is 8.16. The lowest BCUT2D eigenvalue weighted by Crippen LogP contribution is -2.12. The zero-order valence-electron chi connectivity index (χ0n) is 13.8. The Labute approximate surface area is 138 Å². The van der Waals surface area contributed by atoms with E-state index < -0.39 is 0 Å². The van der Waals surface area contributed by atoms with Crippen molar-refractivity contribution >= 4 is 17.6 Å². The van der Waals surface area contributed by atoms with Crippen LogP contribution in [0, 0.1) is 0 Å². The molecular weight excluding hydrogens is 286 g/mol. The van der Waals surface area contributed by atoms with Crippen LogP contribution in [0.5, 0.6) is 0 Å². The van der Waals surface area contributed by atoms with Crippen molar-refractivity contribution in [3.8, 4) is 0 Å². The molecule has 0 amide bonds. The lowest BCUT2D eigenvalue weighted by atomic mass is 10.1. The van der Waals surface area contributed by atoms with Crippen LogP contribution in [-0.4, -0.2) is 11.9 Å². The van der Waals surface area contributed by atoms with Gasteiger partial charge in [-0.2, -0.15) is 0 Å². The number of para-hydroxylation sites is 1. The molecule has 0 heterocycles. The molecular formula is C20H23NO2. The van der Waals surface area contributed by atoms with Crippen molar-refractivity contribution < 1.29 is 9.53 Å². The number of ether oxygens (including phenoxy) is 1. The van der Waals surface area contributed by atoms with Crippen LogP contribution in [0.2, 0.25) is 0 Å². The fourth-order valence-corrected chi connectivity index (χ4v) is 2.22. The van der Waals surface area contributed by atoms with Gasteiger partial charge in [0.25, 0.3) is 0 Å².